The molecule has 5 nitrogen and oxygen atoms in total. The Morgan fingerprint density at radius 2 is 1.96 bits per heavy atom. The van der Waals surface area contributed by atoms with E-state index in [-0.39, 0.29) is 23.8 Å². The maximum absolute atomic E-state index is 12.4. The topological polar surface area (TPSA) is 75.1 Å². The number of benzene rings is 1. The van der Waals surface area contributed by atoms with Crippen molar-refractivity contribution < 1.29 is 9.21 Å². The number of rotatable bonds is 3. The average molecular weight is 310 g/mol. The van der Waals surface area contributed by atoms with Crippen LogP contribution in [0.1, 0.15) is 32.9 Å². The standard InChI is InChI=1S/C18H18N2O3/c1-10-8-11(2)20-17(21)14(10)9-19-18(22)16-12(3)13-6-4-5-7-15(13)23-16/h4-8H,9H2,1-3H3,(H,19,22)(H,20,21). The number of furan rings is 1. The Labute approximate surface area is 133 Å². The van der Waals surface area contributed by atoms with Crippen LogP contribution in [0.5, 0.6) is 0 Å². The van der Waals surface area contributed by atoms with E-state index in [4.69, 9.17) is 4.42 Å². The number of H-pyrrole nitrogens is 1. The van der Waals surface area contributed by atoms with Crippen molar-refractivity contribution >= 4 is 16.9 Å². The van der Waals surface area contributed by atoms with E-state index < -0.39 is 0 Å². The number of nitrogens with one attached hydrogen (secondary N) is 2. The molecule has 0 unspecified atom stereocenters. The molecule has 0 fully saturated rings. The van der Waals surface area contributed by atoms with Gasteiger partial charge < -0.3 is 14.7 Å². The van der Waals surface area contributed by atoms with Crippen LogP contribution in [-0.2, 0) is 6.54 Å². The van der Waals surface area contributed by atoms with Crippen LogP contribution in [0.3, 0.4) is 0 Å². The van der Waals surface area contributed by atoms with Crippen molar-refractivity contribution in [1.82, 2.24) is 10.3 Å². The smallest absolute Gasteiger partial charge is 0.287 e. The number of pyridine rings is 1. The first-order valence-electron chi connectivity index (χ1n) is 7.43. The molecule has 0 bridgehead atoms. The second-order valence-corrected chi connectivity index (χ2v) is 5.68. The van der Waals surface area contributed by atoms with Gasteiger partial charge in [-0.3, -0.25) is 9.59 Å². The molecule has 5 heteroatoms. The molecule has 23 heavy (non-hydrogen) atoms. The second kappa shape index (κ2) is 5.76. The number of para-hydroxylation sites is 1. The number of amides is 1. The number of hydrogen-bond donors (Lipinski definition) is 2. The number of aromatic amines is 1. The Balaban J connectivity index is 1.85. The minimum Gasteiger partial charge on any atom is -0.451 e. The number of hydrogen-bond acceptors (Lipinski definition) is 3. The van der Waals surface area contributed by atoms with Gasteiger partial charge in [0.15, 0.2) is 5.76 Å². The molecule has 0 aliphatic heterocycles. The van der Waals surface area contributed by atoms with Crippen LogP contribution in [0.2, 0.25) is 0 Å². The lowest BCUT2D eigenvalue weighted by Crippen LogP contribution is -2.28. The van der Waals surface area contributed by atoms with Gasteiger partial charge in [-0.2, -0.15) is 0 Å². The second-order valence-electron chi connectivity index (χ2n) is 5.68. The van der Waals surface area contributed by atoms with Gasteiger partial charge in [0.05, 0.1) is 0 Å². The molecule has 0 spiro atoms. The van der Waals surface area contributed by atoms with Crippen LogP contribution >= 0.6 is 0 Å². The minimum atomic E-state index is -0.321. The summed E-state index contributed by atoms with van der Waals surface area (Å²) in [6.45, 7) is 5.70. The molecule has 3 aromatic rings. The highest BCUT2D eigenvalue weighted by molar-refractivity contribution is 5.98. The van der Waals surface area contributed by atoms with Crippen LogP contribution in [0.25, 0.3) is 11.0 Å². The van der Waals surface area contributed by atoms with Gasteiger partial charge in [-0.15, -0.1) is 0 Å². The van der Waals surface area contributed by atoms with E-state index >= 15 is 0 Å². The molecular weight excluding hydrogens is 292 g/mol. The van der Waals surface area contributed by atoms with Gasteiger partial charge in [0.2, 0.25) is 0 Å². The predicted octanol–water partition coefficient (Wildman–Crippen LogP) is 2.98. The largest absolute Gasteiger partial charge is 0.451 e. The summed E-state index contributed by atoms with van der Waals surface area (Å²) < 4.78 is 5.63. The zero-order valence-corrected chi connectivity index (χ0v) is 13.3. The Morgan fingerprint density at radius 3 is 2.65 bits per heavy atom. The molecule has 3 rings (SSSR count). The lowest BCUT2D eigenvalue weighted by molar-refractivity contribution is 0.0924. The van der Waals surface area contributed by atoms with E-state index in [1.54, 1.807) is 0 Å². The fourth-order valence-electron chi connectivity index (χ4n) is 2.74. The summed E-state index contributed by atoms with van der Waals surface area (Å²) in [7, 11) is 0. The summed E-state index contributed by atoms with van der Waals surface area (Å²) in [5, 5.41) is 3.68. The normalized spacial score (nSPS) is 10.9. The number of aromatic nitrogens is 1. The fourth-order valence-corrected chi connectivity index (χ4v) is 2.74. The lowest BCUT2D eigenvalue weighted by atomic mass is 10.1. The molecule has 0 aliphatic rings. The maximum atomic E-state index is 12.4. The molecule has 0 radical (unpaired) electrons. The number of carbonyl (C=O) groups excluding carboxylic acids is 1. The maximum Gasteiger partial charge on any atom is 0.287 e. The summed E-state index contributed by atoms with van der Waals surface area (Å²) in [5.41, 5.74) is 3.51. The third kappa shape index (κ3) is 2.77. The third-order valence-electron chi connectivity index (χ3n) is 3.97. The van der Waals surface area contributed by atoms with Crippen LogP contribution in [0, 0.1) is 20.8 Å². The van der Waals surface area contributed by atoms with E-state index in [1.807, 2.05) is 51.1 Å². The van der Waals surface area contributed by atoms with Crippen molar-refractivity contribution in [2.75, 3.05) is 0 Å². The van der Waals surface area contributed by atoms with Gasteiger partial charge in [0.25, 0.3) is 11.5 Å². The van der Waals surface area contributed by atoms with Gasteiger partial charge in [0, 0.05) is 28.8 Å². The predicted molar refractivity (Wildman–Crippen MR) is 88.7 cm³/mol. The number of fused-ring (bicyclic) bond motifs is 1. The Kier molecular flexibility index (Phi) is 3.78. The average Bonchev–Trinajstić information content (AvgIpc) is 2.84. The summed E-state index contributed by atoms with van der Waals surface area (Å²) in [6.07, 6.45) is 0. The quantitative estimate of drug-likeness (QED) is 0.781. The molecule has 2 aromatic heterocycles. The van der Waals surface area contributed by atoms with Crippen LogP contribution in [-0.4, -0.2) is 10.9 Å². The molecule has 0 saturated carbocycles. The molecular formula is C18H18N2O3. The molecule has 2 heterocycles. The first kappa shape index (κ1) is 15.1. The molecule has 1 aromatic carbocycles. The van der Waals surface area contributed by atoms with Crippen LogP contribution < -0.4 is 10.9 Å². The fraction of sp³-hybridized carbons (Fsp3) is 0.222. The molecule has 0 atom stereocenters. The van der Waals surface area contributed by atoms with Crippen molar-refractivity contribution in [2.24, 2.45) is 0 Å². The highest BCUT2D eigenvalue weighted by Crippen LogP contribution is 2.24. The van der Waals surface area contributed by atoms with Crippen molar-refractivity contribution in [3.05, 3.63) is 68.8 Å². The van der Waals surface area contributed by atoms with Gasteiger partial charge in [-0.05, 0) is 38.5 Å². The van der Waals surface area contributed by atoms with Crippen molar-refractivity contribution in [2.45, 2.75) is 27.3 Å². The van der Waals surface area contributed by atoms with Gasteiger partial charge in [-0.25, -0.2) is 0 Å². The van der Waals surface area contributed by atoms with E-state index in [2.05, 4.69) is 10.3 Å². The third-order valence-corrected chi connectivity index (χ3v) is 3.97. The zero-order chi connectivity index (χ0) is 16.6. The van der Waals surface area contributed by atoms with Gasteiger partial charge >= 0.3 is 0 Å². The Hall–Kier alpha value is -2.82. The van der Waals surface area contributed by atoms with E-state index in [0.717, 1.165) is 22.2 Å². The molecule has 0 aliphatic carbocycles. The summed E-state index contributed by atoms with van der Waals surface area (Å²) in [5.74, 6) is -0.0366. The first-order valence-corrected chi connectivity index (χ1v) is 7.43. The first-order chi connectivity index (χ1) is 11.0. The van der Waals surface area contributed by atoms with Gasteiger partial charge in [0.1, 0.15) is 5.58 Å². The lowest BCUT2D eigenvalue weighted by Gasteiger charge is -2.07. The SMILES string of the molecule is Cc1cc(C)c(CNC(=O)c2oc3ccccc3c2C)c(=O)[nH]1. The summed E-state index contributed by atoms with van der Waals surface area (Å²) in [6, 6.07) is 9.40. The van der Waals surface area contributed by atoms with Gasteiger partial charge in [-0.1, -0.05) is 18.2 Å². The molecule has 1 amide bonds. The van der Waals surface area contributed by atoms with E-state index in [9.17, 15) is 9.59 Å². The van der Waals surface area contributed by atoms with Crippen molar-refractivity contribution in [1.29, 1.82) is 0 Å². The number of aryl methyl sites for hydroxylation is 3. The van der Waals surface area contributed by atoms with E-state index in [0.29, 0.717) is 11.1 Å². The Morgan fingerprint density at radius 1 is 1.22 bits per heavy atom. The van der Waals surface area contributed by atoms with Crippen molar-refractivity contribution in [3.63, 3.8) is 0 Å². The minimum absolute atomic E-state index is 0.163. The molecule has 2 N–H and O–H groups in total. The zero-order valence-electron chi connectivity index (χ0n) is 13.3. The van der Waals surface area contributed by atoms with Crippen LogP contribution in [0.15, 0.2) is 39.5 Å². The van der Waals surface area contributed by atoms with Crippen LogP contribution in [0.4, 0.5) is 0 Å². The molecule has 0 saturated heterocycles. The monoisotopic (exact) mass is 310 g/mol. The summed E-state index contributed by atoms with van der Waals surface area (Å²) >= 11 is 0. The van der Waals surface area contributed by atoms with E-state index in [1.165, 1.54) is 0 Å². The Bertz CT molecular complexity index is 951. The number of carbonyl (C=O) groups is 1. The summed E-state index contributed by atoms with van der Waals surface area (Å²) in [4.78, 5) is 27.1. The highest BCUT2D eigenvalue weighted by atomic mass is 16.3. The molecule has 118 valence electrons. The van der Waals surface area contributed by atoms with Crippen molar-refractivity contribution in [3.8, 4) is 0 Å². The highest BCUT2D eigenvalue weighted by Gasteiger charge is 2.17.